The lowest BCUT2D eigenvalue weighted by Gasteiger charge is -2.10. The topological polar surface area (TPSA) is 29.1 Å². The number of hydrogen-bond acceptors (Lipinski definition) is 2. The Kier molecular flexibility index (Phi) is 6.13. The highest BCUT2D eigenvalue weighted by molar-refractivity contribution is 5.99. The van der Waals surface area contributed by atoms with Crippen molar-refractivity contribution in [1.29, 1.82) is 0 Å². The molecule has 15 heavy (non-hydrogen) atoms. The molecule has 1 N–H and O–H groups in total. The number of benzene rings is 1. The van der Waals surface area contributed by atoms with Gasteiger partial charge in [-0.15, -0.1) is 12.4 Å². The van der Waals surface area contributed by atoms with Crippen LogP contribution in [0.2, 0.25) is 0 Å². The lowest BCUT2D eigenvalue weighted by atomic mass is 10.1. The van der Waals surface area contributed by atoms with Crippen LogP contribution >= 0.6 is 12.4 Å². The third-order valence-corrected chi connectivity index (χ3v) is 2.03. The van der Waals surface area contributed by atoms with Crippen LogP contribution in [0.3, 0.4) is 0 Å². The van der Waals surface area contributed by atoms with E-state index < -0.39 is 0 Å². The van der Waals surface area contributed by atoms with Crippen molar-refractivity contribution in [2.75, 3.05) is 6.54 Å². The standard InChI is InChI=1S/C11H14FNO.ClH/c1-3-13-8(2)11(14)9-4-6-10(12)7-5-9;/h4-8,13H,3H2,1-2H3;1H. The van der Waals surface area contributed by atoms with E-state index in [1.165, 1.54) is 24.3 Å². The monoisotopic (exact) mass is 231 g/mol. The lowest BCUT2D eigenvalue weighted by Crippen LogP contribution is -2.33. The van der Waals surface area contributed by atoms with E-state index in [9.17, 15) is 9.18 Å². The minimum absolute atomic E-state index is 0. The van der Waals surface area contributed by atoms with Gasteiger partial charge in [-0.1, -0.05) is 6.92 Å². The fourth-order valence-electron chi connectivity index (χ4n) is 1.26. The van der Waals surface area contributed by atoms with Crippen LogP contribution in [-0.4, -0.2) is 18.4 Å². The van der Waals surface area contributed by atoms with Crippen molar-refractivity contribution < 1.29 is 9.18 Å². The number of nitrogens with one attached hydrogen (secondary N) is 1. The van der Waals surface area contributed by atoms with E-state index in [1.807, 2.05) is 6.92 Å². The van der Waals surface area contributed by atoms with Crippen LogP contribution in [0, 0.1) is 5.82 Å². The van der Waals surface area contributed by atoms with Crippen molar-refractivity contribution in [3.05, 3.63) is 35.6 Å². The Balaban J connectivity index is 0.00000196. The van der Waals surface area contributed by atoms with Crippen LogP contribution < -0.4 is 5.32 Å². The summed E-state index contributed by atoms with van der Waals surface area (Å²) in [7, 11) is 0. The van der Waals surface area contributed by atoms with Crippen molar-refractivity contribution >= 4 is 18.2 Å². The van der Waals surface area contributed by atoms with Gasteiger partial charge in [0.2, 0.25) is 0 Å². The first-order chi connectivity index (χ1) is 6.65. The van der Waals surface area contributed by atoms with Crippen molar-refractivity contribution in [2.24, 2.45) is 0 Å². The average Bonchev–Trinajstić information content (AvgIpc) is 2.18. The van der Waals surface area contributed by atoms with E-state index in [0.29, 0.717) is 5.56 Å². The molecule has 0 aliphatic heterocycles. The SMILES string of the molecule is CCNC(C)C(=O)c1ccc(F)cc1.Cl. The van der Waals surface area contributed by atoms with Crippen molar-refractivity contribution in [3.63, 3.8) is 0 Å². The van der Waals surface area contributed by atoms with Gasteiger partial charge in [-0.05, 0) is 37.7 Å². The van der Waals surface area contributed by atoms with Crippen LogP contribution in [0.1, 0.15) is 24.2 Å². The molecule has 84 valence electrons. The molecule has 1 aromatic rings. The molecule has 0 amide bonds. The Morgan fingerprint density at radius 1 is 1.40 bits per heavy atom. The average molecular weight is 232 g/mol. The molecule has 2 nitrogen and oxygen atoms in total. The van der Waals surface area contributed by atoms with Gasteiger partial charge in [-0.25, -0.2) is 4.39 Å². The van der Waals surface area contributed by atoms with Crippen LogP contribution in [0.4, 0.5) is 4.39 Å². The minimum Gasteiger partial charge on any atom is -0.308 e. The third-order valence-electron chi connectivity index (χ3n) is 2.03. The molecule has 0 saturated heterocycles. The number of halogens is 2. The molecule has 1 rings (SSSR count). The molecule has 0 aromatic heterocycles. The van der Waals surface area contributed by atoms with E-state index >= 15 is 0 Å². The third kappa shape index (κ3) is 3.98. The maximum absolute atomic E-state index is 12.6. The molecule has 0 spiro atoms. The van der Waals surface area contributed by atoms with Crippen LogP contribution in [0.15, 0.2) is 24.3 Å². The van der Waals surface area contributed by atoms with Crippen molar-refractivity contribution in [2.45, 2.75) is 19.9 Å². The van der Waals surface area contributed by atoms with Crippen LogP contribution in [-0.2, 0) is 0 Å². The molecular weight excluding hydrogens is 217 g/mol. The smallest absolute Gasteiger partial charge is 0.179 e. The quantitative estimate of drug-likeness (QED) is 0.807. The Bertz CT molecular complexity index is 313. The van der Waals surface area contributed by atoms with Gasteiger partial charge >= 0.3 is 0 Å². The zero-order valence-electron chi connectivity index (χ0n) is 8.79. The second-order valence-electron chi connectivity index (χ2n) is 3.15. The normalized spacial score (nSPS) is 11.7. The summed E-state index contributed by atoms with van der Waals surface area (Å²) in [6, 6.07) is 5.39. The van der Waals surface area contributed by atoms with Crippen LogP contribution in [0.25, 0.3) is 0 Å². The van der Waals surface area contributed by atoms with Gasteiger partial charge in [0.05, 0.1) is 6.04 Å². The van der Waals surface area contributed by atoms with Crippen molar-refractivity contribution in [3.8, 4) is 0 Å². The van der Waals surface area contributed by atoms with Gasteiger partial charge in [0, 0.05) is 5.56 Å². The number of carbonyl (C=O) groups excluding carboxylic acids is 1. The number of ketones is 1. The van der Waals surface area contributed by atoms with E-state index in [4.69, 9.17) is 0 Å². The first-order valence-corrected chi connectivity index (χ1v) is 4.68. The van der Waals surface area contributed by atoms with Gasteiger partial charge in [0.1, 0.15) is 5.82 Å². The molecule has 0 saturated carbocycles. The first-order valence-electron chi connectivity index (χ1n) is 4.68. The summed E-state index contributed by atoms with van der Waals surface area (Å²) in [5.41, 5.74) is 0.542. The Morgan fingerprint density at radius 3 is 2.40 bits per heavy atom. The highest BCUT2D eigenvalue weighted by Gasteiger charge is 2.13. The van der Waals surface area contributed by atoms with E-state index in [1.54, 1.807) is 6.92 Å². The second-order valence-corrected chi connectivity index (χ2v) is 3.15. The summed E-state index contributed by atoms with van der Waals surface area (Å²) in [6.07, 6.45) is 0. The number of carbonyl (C=O) groups is 1. The Morgan fingerprint density at radius 2 is 1.93 bits per heavy atom. The molecule has 0 bridgehead atoms. The summed E-state index contributed by atoms with van der Waals surface area (Å²) < 4.78 is 12.6. The maximum atomic E-state index is 12.6. The predicted octanol–water partition coefficient (Wildman–Crippen LogP) is 2.43. The molecular formula is C11H15ClFNO. The Labute approximate surface area is 95.3 Å². The van der Waals surface area contributed by atoms with Gasteiger partial charge in [0.25, 0.3) is 0 Å². The van der Waals surface area contributed by atoms with E-state index in [2.05, 4.69) is 5.32 Å². The number of hydrogen-bond donors (Lipinski definition) is 1. The first kappa shape index (κ1) is 14.1. The summed E-state index contributed by atoms with van der Waals surface area (Å²) in [5, 5.41) is 3.02. The van der Waals surface area contributed by atoms with Gasteiger partial charge < -0.3 is 5.32 Å². The maximum Gasteiger partial charge on any atom is 0.179 e. The zero-order valence-corrected chi connectivity index (χ0v) is 9.60. The molecule has 4 heteroatoms. The Hall–Kier alpha value is -0.930. The lowest BCUT2D eigenvalue weighted by molar-refractivity contribution is 0.0952. The molecule has 1 aromatic carbocycles. The molecule has 0 fully saturated rings. The molecule has 0 aliphatic rings. The molecule has 0 heterocycles. The number of likely N-dealkylation sites (N-methyl/N-ethyl adjacent to an activating group) is 1. The number of Topliss-reactive ketones (excluding diaryl/α,β-unsaturated/α-hetero) is 1. The molecule has 1 unspecified atom stereocenters. The highest BCUT2D eigenvalue weighted by Crippen LogP contribution is 2.05. The van der Waals surface area contributed by atoms with Gasteiger partial charge in [-0.2, -0.15) is 0 Å². The minimum atomic E-state index is -0.322. The fourth-order valence-corrected chi connectivity index (χ4v) is 1.26. The molecule has 0 radical (unpaired) electrons. The molecule has 0 aliphatic carbocycles. The molecule has 1 atom stereocenters. The predicted molar refractivity (Wildman–Crippen MR) is 61.1 cm³/mol. The zero-order chi connectivity index (χ0) is 10.6. The second kappa shape index (κ2) is 6.53. The largest absolute Gasteiger partial charge is 0.308 e. The summed E-state index contributed by atoms with van der Waals surface area (Å²) >= 11 is 0. The van der Waals surface area contributed by atoms with Gasteiger partial charge in [0.15, 0.2) is 5.78 Å². The summed E-state index contributed by atoms with van der Waals surface area (Å²) in [5.74, 6) is -0.329. The highest BCUT2D eigenvalue weighted by atomic mass is 35.5. The fraction of sp³-hybridized carbons (Fsp3) is 0.364. The van der Waals surface area contributed by atoms with Gasteiger partial charge in [-0.3, -0.25) is 4.79 Å². The van der Waals surface area contributed by atoms with E-state index in [0.717, 1.165) is 6.54 Å². The van der Waals surface area contributed by atoms with Crippen LogP contribution in [0.5, 0.6) is 0 Å². The number of rotatable bonds is 4. The summed E-state index contributed by atoms with van der Waals surface area (Å²) in [6.45, 7) is 4.48. The summed E-state index contributed by atoms with van der Waals surface area (Å²) in [4.78, 5) is 11.7. The van der Waals surface area contributed by atoms with E-state index in [-0.39, 0.29) is 30.0 Å². The van der Waals surface area contributed by atoms with Crippen molar-refractivity contribution in [1.82, 2.24) is 5.32 Å².